The molecule has 1 aromatic rings. The number of unbranched alkanes of at least 4 members (excludes halogenated alkanes) is 5. The number of aromatic hydroxyl groups is 1. The number of phenols is 1. The normalized spacial score (nSPS) is 10.3. The topological polar surface area (TPSA) is 83.8 Å². The summed E-state index contributed by atoms with van der Waals surface area (Å²) in [5.74, 6) is -0.442. The number of ether oxygens (including phenoxy) is 1. The first-order chi connectivity index (χ1) is 10.1. The summed E-state index contributed by atoms with van der Waals surface area (Å²) in [5, 5.41) is 17.6. The van der Waals surface area contributed by atoms with Gasteiger partial charge in [0.15, 0.2) is 0 Å². The molecule has 2 N–H and O–H groups in total. The largest absolute Gasteiger partial charge is 0.508 e. The van der Waals surface area contributed by atoms with Crippen molar-refractivity contribution in [1.82, 2.24) is 0 Å². The smallest absolute Gasteiger partial charge is 0.311 e. The molecule has 5 nitrogen and oxygen atoms in total. The van der Waals surface area contributed by atoms with E-state index in [1.165, 1.54) is 12.1 Å². The Morgan fingerprint density at radius 2 is 1.38 bits per heavy atom. The van der Waals surface area contributed by atoms with Crippen LogP contribution in [0.4, 0.5) is 0 Å². The molecule has 5 heteroatoms. The number of aliphatic carboxylic acids is 1. The van der Waals surface area contributed by atoms with Gasteiger partial charge >= 0.3 is 11.9 Å². The highest BCUT2D eigenvalue weighted by atomic mass is 16.5. The fourth-order valence-electron chi connectivity index (χ4n) is 1.95. The second kappa shape index (κ2) is 9.80. The number of carboxylic acids is 1. The monoisotopic (exact) mass is 294 g/mol. The molecule has 0 aliphatic heterocycles. The fraction of sp³-hybridized carbons (Fsp3) is 0.500. The summed E-state index contributed by atoms with van der Waals surface area (Å²) in [7, 11) is 0. The zero-order valence-electron chi connectivity index (χ0n) is 12.1. The summed E-state index contributed by atoms with van der Waals surface area (Å²) in [4.78, 5) is 21.9. The van der Waals surface area contributed by atoms with E-state index in [4.69, 9.17) is 14.9 Å². The highest BCUT2D eigenvalue weighted by molar-refractivity contribution is 5.72. The molecule has 0 aliphatic rings. The number of esters is 1. The zero-order chi connectivity index (χ0) is 15.5. The Balaban J connectivity index is 2.01. The van der Waals surface area contributed by atoms with E-state index in [2.05, 4.69) is 0 Å². The Bertz CT molecular complexity index is 438. The van der Waals surface area contributed by atoms with Gasteiger partial charge in [-0.15, -0.1) is 0 Å². The molecule has 0 atom stereocenters. The van der Waals surface area contributed by atoms with Gasteiger partial charge in [-0.2, -0.15) is 0 Å². The molecule has 0 radical (unpaired) electrons. The quantitative estimate of drug-likeness (QED) is 0.392. The van der Waals surface area contributed by atoms with E-state index in [0.29, 0.717) is 12.2 Å². The number of phenolic OH excluding ortho intramolecular Hbond substituents is 1. The molecule has 0 fully saturated rings. The van der Waals surface area contributed by atoms with Crippen molar-refractivity contribution in [2.75, 3.05) is 0 Å². The molecule has 0 spiro atoms. The van der Waals surface area contributed by atoms with Gasteiger partial charge in [0, 0.05) is 12.8 Å². The maximum atomic E-state index is 11.6. The van der Waals surface area contributed by atoms with Gasteiger partial charge in [-0.25, -0.2) is 0 Å². The minimum atomic E-state index is -0.744. The van der Waals surface area contributed by atoms with Crippen molar-refractivity contribution in [2.45, 2.75) is 51.4 Å². The van der Waals surface area contributed by atoms with Gasteiger partial charge in [0.05, 0.1) is 0 Å². The van der Waals surface area contributed by atoms with Gasteiger partial charge in [-0.05, 0) is 37.1 Å². The van der Waals surface area contributed by atoms with Crippen LogP contribution in [-0.4, -0.2) is 22.2 Å². The highest BCUT2D eigenvalue weighted by Crippen LogP contribution is 2.17. The number of hydrogen-bond acceptors (Lipinski definition) is 4. The molecule has 0 heterocycles. The third kappa shape index (κ3) is 8.68. The average Bonchev–Trinajstić information content (AvgIpc) is 2.44. The molecule has 21 heavy (non-hydrogen) atoms. The molecule has 0 amide bonds. The standard InChI is InChI=1S/C16H22O5/c17-13-9-11-14(12-10-13)21-16(20)8-6-4-2-1-3-5-7-15(18)19/h9-12,17H,1-8H2,(H,18,19). The van der Waals surface area contributed by atoms with E-state index in [9.17, 15) is 9.59 Å². The van der Waals surface area contributed by atoms with Crippen LogP contribution in [0.5, 0.6) is 11.5 Å². The van der Waals surface area contributed by atoms with Crippen molar-refractivity contribution >= 4 is 11.9 Å². The van der Waals surface area contributed by atoms with Crippen LogP contribution in [-0.2, 0) is 9.59 Å². The molecule has 1 aromatic carbocycles. The second-order valence-electron chi connectivity index (χ2n) is 4.98. The number of hydrogen-bond donors (Lipinski definition) is 2. The van der Waals surface area contributed by atoms with Gasteiger partial charge in [0.2, 0.25) is 0 Å². The van der Waals surface area contributed by atoms with Crippen LogP contribution in [0, 0.1) is 0 Å². The first-order valence-corrected chi connectivity index (χ1v) is 7.29. The van der Waals surface area contributed by atoms with Gasteiger partial charge < -0.3 is 14.9 Å². The average molecular weight is 294 g/mol. The molecular formula is C16H22O5. The summed E-state index contributed by atoms with van der Waals surface area (Å²) >= 11 is 0. The Morgan fingerprint density at radius 1 is 0.857 bits per heavy atom. The van der Waals surface area contributed by atoms with Crippen LogP contribution in [0.1, 0.15) is 51.4 Å². The molecule has 0 bridgehead atoms. The van der Waals surface area contributed by atoms with Crippen LogP contribution >= 0.6 is 0 Å². The molecule has 1 rings (SSSR count). The van der Waals surface area contributed by atoms with E-state index < -0.39 is 5.97 Å². The first kappa shape index (κ1) is 17.0. The Hall–Kier alpha value is -2.04. The van der Waals surface area contributed by atoms with Crippen molar-refractivity contribution in [2.24, 2.45) is 0 Å². The van der Waals surface area contributed by atoms with Gasteiger partial charge in [-0.1, -0.05) is 25.7 Å². The van der Waals surface area contributed by atoms with Crippen LogP contribution < -0.4 is 4.74 Å². The van der Waals surface area contributed by atoms with E-state index in [1.807, 2.05) is 0 Å². The third-order valence-electron chi connectivity index (χ3n) is 3.09. The molecular weight excluding hydrogens is 272 g/mol. The fourth-order valence-corrected chi connectivity index (χ4v) is 1.95. The molecule has 0 saturated heterocycles. The third-order valence-corrected chi connectivity index (χ3v) is 3.09. The maximum Gasteiger partial charge on any atom is 0.311 e. The zero-order valence-corrected chi connectivity index (χ0v) is 12.1. The number of carboxylic acid groups (broad SMARTS) is 1. The van der Waals surface area contributed by atoms with Crippen LogP contribution in [0.15, 0.2) is 24.3 Å². The summed E-state index contributed by atoms with van der Waals surface area (Å²) in [6, 6.07) is 6.05. The number of carbonyl (C=O) groups excluding carboxylic acids is 1. The predicted octanol–water partition coefficient (Wildman–Crippen LogP) is 3.50. The van der Waals surface area contributed by atoms with Crippen molar-refractivity contribution in [3.8, 4) is 11.5 Å². The summed E-state index contributed by atoms with van der Waals surface area (Å²) in [5.41, 5.74) is 0. The predicted molar refractivity (Wildman–Crippen MR) is 78.3 cm³/mol. The molecule has 0 saturated carbocycles. The lowest BCUT2D eigenvalue weighted by atomic mass is 10.1. The van der Waals surface area contributed by atoms with E-state index >= 15 is 0 Å². The Kier molecular flexibility index (Phi) is 7.94. The van der Waals surface area contributed by atoms with E-state index in [1.54, 1.807) is 12.1 Å². The van der Waals surface area contributed by atoms with Crippen LogP contribution in [0.25, 0.3) is 0 Å². The molecule has 0 aromatic heterocycles. The lowest BCUT2D eigenvalue weighted by Gasteiger charge is -2.04. The molecule has 116 valence electrons. The SMILES string of the molecule is O=C(O)CCCCCCCCC(=O)Oc1ccc(O)cc1. The summed E-state index contributed by atoms with van der Waals surface area (Å²) < 4.78 is 5.13. The lowest BCUT2D eigenvalue weighted by Crippen LogP contribution is -2.07. The number of carbonyl (C=O) groups is 2. The second-order valence-corrected chi connectivity index (χ2v) is 4.98. The van der Waals surface area contributed by atoms with Crippen molar-refractivity contribution in [3.63, 3.8) is 0 Å². The van der Waals surface area contributed by atoms with Gasteiger partial charge in [0.25, 0.3) is 0 Å². The van der Waals surface area contributed by atoms with E-state index in [0.717, 1.165) is 38.5 Å². The van der Waals surface area contributed by atoms with Crippen LogP contribution in [0.3, 0.4) is 0 Å². The van der Waals surface area contributed by atoms with E-state index in [-0.39, 0.29) is 18.1 Å². The first-order valence-electron chi connectivity index (χ1n) is 7.29. The molecule has 0 aliphatic carbocycles. The van der Waals surface area contributed by atoms with Gasteiger partial charge in [0.1, 0.15) is 11.5 Å². The van der Waals surface area contributed by atoms with Gasteiger partial charge in [-0.3, -0.25) is 9.59 Å². The van der Waals surface area contributed by atoms with Crippen LogP contribution in [0.2, 0.25) is 0 Å². The minimum absolute atomic E-state index is 0.137. The number of rotatable bonds is 10. The lowest BCUT2D eigenvalue weighted by molar-refractivity contribution is -0.137. The maximum absolute atomic E-state index is 11.6. The molecule has 0 unspecified atom stereocenters. The number of benzene rings is 1. The highest BCUT2D eigenvalue weighted by Gasteiger charge is 2.04. The summed E-state index contributed by atoms with van der Waals surface area (Å²) in [6.07, 6.45) is 5.97. The van der Waals surface area contributed by atoms with Crippen molar-refractivity contribution < 1.29 is 24.5 Å². The Labute approximate surface area is 124 Å². The van der Waals surface area contributed by atoms with Crippen molar-refractivity contribution in [1.29, 1.82) is 0 Å². The van der Waals surface area contributed by atoms with Crippen molar-refractivity contribution in [3.05, 3.63) is 24.3 Å². The summed E-state index contributed by atoms with van der Waals surface area (Å²) in [6.45, 7) is 0. The minimum Gasteiger partial charge on any atom is -0.508 e. The Morgan fingerprint density at radius 3 is 1.95 bits per heavy atom.